The first-order valence-corrected chi connectivity index (χ1v) is 13.4. The summed E-state index contributed by atoms with van der Waals surface area (Å²) >= 11 is 0. The summed E-state index contributed by atoms with van der Waals surface area (Å²) < 4.78 is 38.6. The second-order valence-electron chi connectivity index (χ2n) is 8.90. The summed E-state index contributed by atoms with van der Waals surface area (Å²) in [5, 5.41) is 8.97. The number of aliphatic hydroxyl groups is 1. The first kappa shape index (κ1) is 26.1. The lowest BCUT2D eigenvalue weighted by atomic mass is 10.0. The molecule has 36 heavy (non-hydrogen) atoms. The molecule has 194 valence electrons. The van der Waals surface area contributed by atoms with Crippen molar-refractivity contribution < 1.29 is 32.6 Å². The first-order valence-electron chi connectivity index (χ1n) is 11.9. The molecule has 2 aliphatic heterocycles. The zero-order valence-corrected chi connectivity index (χ0v) is 21.2. The third-order valence-corrected chi connectivity index (χ3v) is 7.75. The van der Waals surface area contributed by atoms with Crippen molar-refractivity contribution in [1.29, 1.82) is 0 Å². The van der Waals surface area contributed by atoms with Crippen LogP contribution < -0.4 is 14.5 Å². The third-order valence-electron chi connectivity index (χ3n) is 6.29. The second kappa shape index (κ2) is 11.0. The highest BCUT2D eigenvalue weighted by Gasteiger charge is 2.35. The molecule has 4 rings (SSSR count). The van der Waals surface area contributed by atoms with Gasteiger partial charge in [0.2, 0.25) is 15.9 Å². The first-order chi connectivity index (χ1) is 17.2. The van der Waals surface area contributed by atoms with Crippen LogP contribution in [0.3, 0.4) is 0 Å². The van der Waals surface area contributed by atoms with Gasteiger partial charge in [-0.05, 0) is 42.3 Å². The Balaban J connectivity index is 1.71. The van der Waals surface area contributed by atoms with E-state index in [1.165, 1.54) is 19.1 Å². The van der Waals surface area contributed by atoms with Crippen molar-refractivity contribution in [2.45, 2.75) is 43.7 Å². The molecule has 1 atom stereocenters. The van der Waals surface area contributed by atoms with Crippen LogP contribution in [0.1, 0.15) is 26.7 Å². The van der Waals surface area contributed by atoms with Crippen molar-refractivity contribution in [3.63, 3.8) is 0 Å². The summed E-state index contributed by atoms with van der Waals surface area (Å²) in [6.45, 7) is 4.30. The number of ether oxygens (including phenoxy) is 2. The lowest BCUT2D eigenvalue weighted by Crippen LogP contribution is -2.52. The molecule has 0 aliphatic carbocycles. The van der Waals surface area contributed by atoms with Gasteiger partial charge >= 0.3 is 6.09 Å². The van der Waals surface area contributed by atoms with Gasteiger partial charge in [-0.15, -0.1) is 0 Å². The SMILES string of the molecule is CC(=O)N1c2ccc(-c3cccc(S(=O)(=O)NCCO)c3)cc2N(C(=O)OC2CCOCC2)C[C@@H]1C. The van der Waals surface area contributed by atoms with Gasteiger partial charge in [-0.3, -0.25) is 9.69 Å². The van der Waals surface area contributed by atoms with Crippen LogP contribution in [0, 0.1) is 0 Å². The number of carbonyl (C=O) groups is 2. The zero-order chi connectivity index (χ0) is 25.9. The summed E-state index contributed by atoms with van der Waals surface area (Å²) in [6.07, 6.45) is 0.549. The molecule has 2 aromatic carbocycles. The van der Waals surface area contributed by atoms with Gasteiger partial charge in [-0.1, -0.05) is 18.2 Å². The molecule has 2 aliphatic rings. The summed E-state index contributed by atoms with van der Waals surface area (Å²) in [4.78, 5) is 28.9. The van der Waals surface area contributed by atoms with Gasteiger partial charge in [0.05, 0.1) is 42.1 Å². The van der Waals surface area contributed by atoms with Crippen molar-refractivity contribution in [3.05, 3.63) is 42.5 Å². The predicted molar refractivity (Wildman–Crippen MR) is 134 cm³/mol. The van der Waals surface area contributed by atoms with E-state index in [0.29, 0.717) is 48.6 Å². The number of nitrogens with one attached hydrogen (secondary N) is 1. The molecular formula is C25H31N3O7S. The summed E-state index contributed by atoms with van der Waals surface area (Å²) in [5.41, 5.74) is 2.40. The molecule has 11 heteroatoms. The van der Waals surface area contributed by atoms with Gasteiger partial charge in [0.15, 0.2) is 0 Å². The number of aliphatic hydroxyl groups excluding tert-OH is 1. The van der Waals surface area contributed by atoms with E-state index in [1.807, 2.05) is 6.92 Å². The van der Waals surface area contributed by atoms with E-state index in [-0.39, 0.29) is 42.6 Å². The largest absolute Gasteiger partial charge is 0.446 e. The van der Waals surface area contributed by atoms with Gasteiger partial charge in [-0.25, -0.2) is 17.9 Å². The van der Waals surface area contributed by atoms with Crippen LogP contribution in [0.5, 0.6) is 0 Å². The van der Waals surface area contributed by atoms with Crippen LogP contribution in [-0.4, -0.2) is 70.6 Å². The second-order valence-corrected chi connectivity index (χ2v) is 10.7. The number of carbonyl (C=O) groups excluding carboxylic acids is 2. The van der Waals surface area contributed by atoms with Crippen LogP contribution in [0.15, 0.2) is 47.4 Å². The number of benzene rings is 2. The molecule has 2 aromatic rings. The highest BCUT2D eigenvalue weighted by molar-refractivity contribution is 7.89. The van der Waals surface area contributed by atoms with E-state index in [4.69, 9.17) is 14.6 Å². The fourth-order valence-corrected chi connectivity index (χ4v) is 5.63. The fourth-order valence-electron chi connectivity index (χ4n) is 4.56. The standard InChI is InChI=1S/C25H31N3O7S/c1-17-16-27(25(31)35-21-8-12-34-13-9-21)24-15-20(6-7-23(24)28(17)18(2)30)19-4-3-5-22(14-19)36(32,33)26-10-11-29/h3-7,14-15,17,21,26,29H,8-13,16H2,1-2H3/t17-/m0/s1. The minimum atomic E-state index is -3.80. The number of hydrogen-bond acceptors (Lipinski definition) is 7. The smallest absolute Gasteiger partial charge is 0.414 e. The maximum absolute atomic E-state index is 13.2. The normalized spacial score (nSPS) is 18.6. The molecule has 10 nitrogen and oxygen atoms in total. The highest BCUT2D eigenvalue weighted by Crippen LogP contribution is 2.39. The summed E-state index contributed by atoms with van der Waals surface area (Å²) in [6, 6.07) is 11.5. The van der Waals surface area contributed by atoms with Crippen LogP contribution in [0.4, 0.5) is 16.2 Å². The van der Waals surface area contributed by atoms with Gasteiger partial charge in [0.1, 0.15) is 6.10 Å². The summed E-state index contributed by atoms with van der Waals surface area (Å²) in [7, 11) is -3.80. The molecule has 0 bridgehead atoms. The van der Waals surface area contributed by atoms with Crippen LogP contribution in [0.2, 0.25) is 0 Å². The number of rotatable bonds is 6. The topological polar surface area (TPSA) is 125 Å². The Labute approximate surface area is 210 Å². The molecule has 0 spiro atoms. The van der Waals surface area contributed by atoms with E-state index in [2.05, 4.69) is 4.72 Å². The molecule has 0 saturated carbocycles. The Morgan fingerprint density at radius 2 is 1.83 bits per heavy atom. The number of fused-ring (bicyclic) bond motifs is 1. The molecule has 1 saturated heterocycles. The minimum Gasteiger partial charge on any atom is -0.446 e. The van der Waals surface area contributed by atoms with E-state index in [0.717, 1.165) is 0 Å². The van der Waals surface area contributed by atoms with E-state index in [9.17, 15) is 18.0 Å². The maximum atomic E-state index is 13.2. The number of amides is 2. The molecule has 1 fully saturated rings. The average molecular weight is 518 g/mol. The lowest BCUT2D eigenvalue weighted by Gasteiger charge is -2.41. The summed E-state index contributed by atoms with van der Waals surface area (Å²) in [5.74, 6) is -0.142. The lowest BCUT2D eigenvalue weighted by molar-refractivity contribution is -0.117. The van der Waals surface area contributed by atoms with Crippen molar-refractivity contribution in [2.24, 2.45) is 0 Å². The minimum absolute atomic E-state index is 0.0564. The van der Waals surface area contributed by atoms with Crippen LogP contribution in [-0.2, 0) is 24.3 Å². The van der Waals surface area contributed by atoms with Gasteiger partial charge in [0, 0.05) is 32.9 Å². The van der Waals surface area contributed by atoms with Gasteiger partial charge in [0.25, 0.3) is 0 Å². The fraction of sp³-hybridized carbons (Fsp3) is 0.440. The van der Waals surface area contributed by atoms with Crippen molar-refractivity contribution in [2.75, 3.05) is 42.7 Å². The predicted octanol–water partition coefficient (Wildman–Crippen LogP) is 2.50. The Hall–Kier alpha value is -2.99. The highest BCUT2D eigenvalue weighted by atomic mass is 32.2. The van der Waals surface area contributed by atoms with Crippen molar-refractivity contribution in [1.82, 2.24) is 4.72 Å². The van der Waals surface area contributed by atoms with Gasteiger partial charge in [-0.2, -0.15) is 0 Å². The molecule has 2 heterocycles. The molecular weight excluding hydrogens is 486 g/mol. The quantitative estimate of drug-likeness (QED) is 0.603. The Bertz CT molecular complexity index is 1230. The monoisotopic (exact) mass is 517 g/mol. The Kier molecular flexibility index (Phi) is 7.94. The molecule has 0 radical (unpaired) electrons. The van der Waals surface area contributed by atoms with E-state index < -0.39 is 16.1 Å². The van der Waals surface area contributed by atoms with Crippen molar-refractivity contribution in [3.8, 4) is 11.1 Å². The molecule has 2 amide bonds. The molecule has 0 aromatic heterocycles. The Morgan fingerprint density at radius 3 is 2.53 bits per heavy atom. The van der Waals surface area contributed by atoms with Crippen LogP contribution in [0.25, 0.3) is 11.1 Å². The molecule has 0 unspecified atom stereocenters. The third kappa shape index (κ3) is 5.54. The average Bonchev–Trinajstić information content (AvgIpc) is 2.87. The van der Waals surface area contributed by atoms with E-state index in [1.54, 1.807) is 40.1 Å². The van der Waals surface area contributed by atoms with Gasteiger partial charge < -0.3 is 19.5 Å². The number of anilines is 2. The number of nitrogens with zero attached hydrogens (tertiary/aromatic N) is 2. The zero-order valence-electron chi connectivity index (χ0n) is 20.3. The van der Waals surface area contributed by atoms with Crippen molar-refractivity contribution >= 4 is 33.4 Å². The number of sulfonamides is 1. The van der Waals surface area contributed by atoms with Crippen LogP contribution >= 0.6 is 0 Å². The maximum Gasteiger partial charge on any atom is 0.414 e. The van der Waals surface area contributed by atoms with E-state index >= 15 is 0 Å². The Morgan fingerprint density at radius 1 is 1.11 bits per heavy atom. The number of hydrogen-bond donors (Lipinski definition) is 2. The molecule has 2 N–H and O–H groups in total.